The number of ether oxygens (including phenoxy) is 2. The number of unbranched alkanes of at least 4 members (excludes halogenated alkanes) is 1. The topological polar surface area (TPSA) is 47.6 Å². The predicted octanol–water partition coefficient (Wildman–Crippen LogP) is 5.47. The van der Waals surface area contributed by atoms with Crippen LogP contribution in [0.1, 0.15) is 79.1 Å². The van der Waals surface area contributed by atoms with Crippen LogP contribution in [-0.2, 0) is 9.47 Å². The van der Waals surface area contributed by atoms with Crippen molar-refractivity contribution >= 4 is 6.09 Å². The Morgan fingerprint density at radius 1 is 1.30 bits per heavy atom. The molecule has 0 unspecified atom stereocenters. The lowest BCUT2D eigenvalue weighted by Crippen LogP contribution is -2.57. The van der Waals surface area contributed by atoms with E-state index in [4.69, 9.17) is 9.47 Å². The molecule has 2 fully saturated rings. The van der Waals surface area contributed by atoms with Crippen molar-refractivity contribution < 1.29 is 14.3 Å². The molecule has 2 aliphatic carbocycles. The van der Waals surface area contributed by atoms with Gasteiger partial charge in [-0.25, -0.2) is 4.79 Å². The van der Waals surface area contributed by atoms with Crippen molar-refractivity contribution in [1.82, 2.24) is 5.32 Å². The maximum Gasteiger partial charge on any atom is 0.407 e. The number of allylic oxidation sites excluding steroid dienone is 1. The van der Waals surface area contributed by atoms with Crippen LogP contribution in [0.3, 0.4) is 0 Å². The highest BCUT2D eigenvalue weighted by molar-refractivity contribution is 5.67. The monoisotopic (exact) mass is 377 g/mol. The fraction of sp³-hybridized carbons (Fsp3) is 0.870. The van der Waals surface area contributed by atoms with Crippen molar-refractivity contribution in [1.29, 1.82) is 0 Å². The molecule has 1 amide bonds. The van der Waals surface area contributed by atoms with Gasteiger partial charge in [-0.15, -0.1) is 0 Å². The Bertz CT molecular complexity index is 540. The molecule has 1 heterocycles. The van der Waals surface area contributed by atoms with E-state index in [1.807, 2.05) is 0 Å². The molecule has 0 aromatic rings. The number of fused-ring (bicyclic) bond motifs is 2. The number of nitrogens with one attached hydrogen (secondary N) is 1. The molecule has 4 nitrogen and oxygen atoms in total. The molecule has 27 heavy (non-hydrogen) atoms. The van der Waals surface area contributed by atoms with Crippen LogP contribution in [0.25, 0.3) is 0 Å². The van der Waals surface area contributed by atoms with E-state index in [0.29, 0.717) is 43.1 Å². The van der Waals surface area contributed by atoms with Crippen molar-refractivity contribution in [2.45, 2.75) is 91.2 Å². The van der Waals surface area contributed by atoms with E-state index in [2.05, 4.69) is 39.1 Å². The van der Waals surface area contributed by atoms with Gasteiger partial charge < -0.3 is 14.8 Å². The second-order valence-corrected chi connectivity index (χ2v) is 9.29. The first-order chi connectivity index (χ1) is 13.0. The van der Waals surface area contributed by atoms with Gasteiger partial charge in [-0.05, 0) is 38.0 Å². The van der Waals surface area contributed by atoms with Crippen LogP contribution in [-0.4, -0.2) is 31.5 Å². The molecule has 3 aliphatic rings. The van der Waals surface area contributed by atoms with Gasteiger partial charge in [0.15, 0.2) is 0 Å². The molecule has 5 atom stereocenters. The summed E-state index contributed by atoms with van der Waals surface area (Å²) < 4.78 is 12.2. The molecule has 0 aromatic heterocycles. The van der Waals surface area contributed by atoms with Crippen LogP contribution in [0.5, 0.6) is 0 Å². The number of rotatable bonds is 6. The van der Waals surface area contributed by atoms with Gasteiger partial charge in [0.1, 0.15) is 6.61 Å². The minimum absolute atomic E-state index is 0.100. The van der Waals surface area contributed by atoms with Crippen LogP contribution < -0.4 is 5.32 Å². The van der Waals surface area contributed by atoms with Crippen LogP contribution in [0.15, 0.2) is 11.6 Å². The molecule has 4 heteroatoms. The number of carbonyl (C=O) groups excluding carboxylic acids is 1. The lowest BCUT2D eigenvalue weighted by Gasteiger charge is -2.55. The number of alkyl carbamates (subject to hydrolysis) is 1. The van der Waals surface area contributed by atoms with Crippen molar-refractivity contribution in [2.24, 2.45) is 23.2 Å². The molecule has 154 valence electrons. The molecule has 1 N–H and O–H groups in total. The highest BCUT2D eigenvalue weighted by Crippen LogP contribution is 2.53. The van der Waals surface area contributed by atoms with Gasteiger partial charge in [0.2, 0.25) is 0 Å². The average Bonchev–Trinajstić information content (AvgIpc) is 2.65. The van der Waals surface area contributed by atoms with E-state index in [-0.39, 0.29) is 11.5 Å². The molecular formula is C23H39NO3. The van der Waals surface area contributed by atoms with Crippen molar-refractivity contribution in [2.75, 3.05) is 13.2 Å². The quantitative estimate of drug-likeness (QED) is 0.624. The van der Waals surface area contributed by atoms with Gasteiger partial charge in [0.05, 0.1) is 12.7 Å². The van der Waals surface area contributed by atoms with Crippen molar-refractivity contribution in [3.05, 3.63) is 11.6 Å². The van der Waals surface area contributed by atoms with E-state index in [1.54, 1.807) is 0 Å². The number of carbonyl (C=O) groups is 1. The minimum Gasteiger partial charge on any atom is -0.449 e. The third kappa shape index (κ3) is 4.36. The molecular weight excluding hydrogens is 338 g/mol. The normalized spacial score (nSPS) is 36.8. The maximum atomic E-state index is 12.4. The SMILES string of the molecule is CCCC[C@@H]1OC[C@]2(COC(=O)NC3CCCCC3)[C@H](C)[C@@H]1C(C)=C[C@@H]2C. The first kappa shape index (κ1) is 20.7. The van der Waals surface area contributed by atoms with Gasteiger partial charge in [-0.3, -0.25) is 0 Å². The second kappa shape index (κ2) is 8.98. The van der Waals surface area contributed by atoms with Crippen LogP contribution >= 0.6 is 0 Å². The molecule has 0 aromatic carbocycles. The summed E-state index contributed by atoms with van der Waals surface area (Å²) in [4.78, 5) is 12.4. The molecule has 1 saturated heterocycles. The second-order valence-electron chi connectivity index (χ2n) is 9.29. The predicted molar refractivity (Wildman–Crippen MR) is 109 cm³/mol. The lowest BCUT2D eigenvalue weighted by molar-refractivity contribution is -0.165. The molecule has 3 rings (SSSR count). The highest BCUT2D eigenvalue weighted by Gasteiger charge is 2.53. The highest BCUT2D eigenvalue weighted by atomic mass is 16.6. The summed E-state index contributed by atoms with van der Waals surface area (Å²) in [5.41, 5.74) is 1.36. The van der Waals surface area contributed by atoms with E-state index < -0.39 is 0 Å². The standard InChI is InChI=1S/C23H39NO3/c1-5-6-12-20-21-16(2)13-17(3)23(14-26-20,18(21)4)15-27-22(25)24-19-10-8-7-9-11-19/h13,17-21H,5-12,14-15H2,1-4H3,(H,24,25)/t17-,18+,20-,21-,23+/m0/s1. The Hall–Kier alpha value is -1.03. The van der Waals surface area contributed by atoms with E-state index >= 15 is 0 Å². The summed E-state index contributed by atoms with van der Waals surface area (Å²) in [6.45, 7) is 10.2. The lowest BCUT2D eigenvalue weighted by atomic mass is 9.56. The molecule has 2 bridgehead atoms. The van der Waals surface area contributed by atoms with Crippen LogP contribution in [0.4, 0.5) is 4.79 Å². The molecule has 0 radical (unpaired) electrons. The zero-order chi connectivity index (χ0) is 19.4. The smallest absolute Gasteiger partial charge is 0.407 e. The Morgan fingerprint density at radius 3 is 2.74 bits per heavy atom. The fourth-order valence-corrected chi connectivity index (χ4v) is 5.71. The third-order valence-electron chi connectivity index (χ3n) is 7.60. The Balaban J connectivity index is 1.64. The summed E-state index contributed by atoms with van der Waals surface area (Å²) in [5.74, 6) is 1.28. The molecule has 1 aliphatic heterocycles. The largest absolute Gasteiger partial charge is 0.449 e. The zero-order valence-corrected chi connectivity index (χ0v) is 17.8. The summed E-state index contributed by atoms with van der Waals surface area (Å²) in [7, 11) is 0. The van der Waals surface area contributed by atoms with E-state index in [9.17, 15) is 4.79 Å². The Morgan fingerprint density at radius 2 is 2.04 bits per heavy atom. The Labute approximate surface area is 165 Å². The number of amides is 1. The Kier molecular flexibility index (Phi) is 6.88. The summed E-state index contributed by atoms with van der Waals surface area (Å²) in [6.07, 6.45) is 11.9. The number of hydrogen-bond donors (Lipinski definition) is 1. The number of hydrogen-bond acceptors (Lipinski definition) is 3. The van der Waals surface area contributed by atoms with E-state index in [1.165, 1.54) is 37.7 Å². The van der Waals surface area contributed by atoms with Gasteiger partial charge >= 0.3 is 6.09 Å². The van der Waals surface area contributed by atoms with Gasteiger partial charge in [0.25, 0.3) is 0 Å². The van der Waals surface area contributed by atoms with Crippen molar-refractivity contribution in [3.8, 4) is 0 Å². The van der Waals surface area contributed by atoms with Crippen LogP contribution in [0.2, 0.25) is 0 Å². The molecule has 0 spiro atoms. The first-order valence-corrected chi connectivity index (χ1v) is 11.2. The third-order valence-corrected chi connectivity index (χ3v) is 7.60. The van der Waals surface area contributed by atoms with Crippen LogP contribution in [0, 0.1) is 23.2 Å². The summed E-state index contributed by atoms with van der Waals surface area (Å²) in [6, 6.07) is 0.292. The first-order valence-electron chi connectivity index (χ1n) is 11.2. The summed E-state index contributed by atoms with van der Waals surface area (Å²) >= 11 is 0. The summed E-state index contributed by atoms with van der Waals surface area (Å²) in [5, 5.41) is 3.09. The van der Waals surface area contributed by atoms with E-state index in [0.717, 1.165) is 19.3 Å². The van der Waals surface area contributed by atoms with Gasteiger partial charge in [-0.1, -0.05) is 64.5 Å². The molecule has 1 saturated carbocycles. The average molecular weight is 378 g/mol. The minimum atomic E-state index is -0.244. The maximum absolute atomic E-state index is 12.4. The zero-order valence-electron chi connectivity index (χ0n) is 17.8. The van der Waals surface area contributed by atoms with Crippen molar-refractivity contribution in [3.63, 3.8) is 0 Å². The van der Waals surface area contributed by atoms with Gasteiger partial charge in [0, 0.05) is 17.4 Å². The fourth-order valence-electron chi connectivity index (χ4n) is 5.71. The van der Waals surface area contributed by atoms with Gasteiger partial charge in [-0.2, -0.15) is 0 Å².